The molecule has 0 saturated heterocycles. The van der Waals surface area contributed by atoms with Crippen molar-refractivity contribution in [1.82, 2.24) is 15.1 Å². The number of amides is 1. The van der Waals surface area contributed by atoms with Crippen molar-refractivity contribution < 1.29 is 13.6 Å². The highest BCUT2D eigenvalue weighted by molar-refractivity contribution is 6.31. The fraction of sp³-hybridized carbons (Fsp3) is 0.263. The molecule has 2 aromatic heterocycles. The van der Waals surface area contributed by atoms with Crippen molar-refractivity contribution in [2.24, 2.45) is 12.8 Å². The third-order valence-electron chi connectivity index (χ3n) is 4.30. The maximum Gasteiger partial charge on any atom is 0.287 e. The van der Waals surface area contributed by atoms with Crippen LogP contribution in [0.15, 0.2) is 40.9 Å². The largest absolute Gasteiger partial charge is 0.439 e. The van der Waals surface area contributed by atoms with E-state index in [9.17, 15) is 9.18 Å². The number of carbonyl (C=O) groups is 1. The van der Waals surface area contributed by atoms with Gasteiger partial charge in [0.15, 0.2) is 5.76 Å². The van der Waals surface area contributed by atoms with E-state index >= 15 is 0 Å². The third kappa shape index (κ3) is 4.20. The van der Waals surface area contributed by atoms with Gasteiger partial charge in [-0.2, -0.15) is 5.10 Å². The first-order chi connectivity index (χ1) is 12.9. The molecule has 0 radical (unpaired) electrons. The van der Waals surface area contributed by atoms with Gasteiger partial charge in [-0.25, -0.2) is 4.39 Å². The van der Waals surface area contributed by atoms with Gasteiger partial charge in [0.25, 0.3) is 5.91 Å². The molecular weight excluding hydrogens is 371 g/mol. The smallest absolute Gasteiger partial charge is 0.287 e. The van der Waals surface area contributed by atoms with Crippen LogP contribution in [0.2, 0.25) is 5.22 Å². The van der Waals surface area contributed by atoms with Crippen LogP contribution in [0.1, 0.15) is 21.7 Å². The number of benzene rings is 1. The molecule has 27 heavy (non-hydrogen) atoms. The Balaban J connectivity index is 1.75. The summed E-state index contributed by atoms with van der Waals surface area (Å²) >= 11 is 6.19. The van der Waals surface area contributed by atoms with E-state index in [1.807, 2.05) is 6.92 Å². The molecular formula is C19H20ClFN4O2. The quantitative estimate of drug-likeness (QED) is 0.677. The van der Waals surface area contributed by atoms with Crippen LogP contribution in [0, 0.1) is 12.7 Å². The predicted molar refractivity (Wildman–Crippen MR) is 101 cm³/mol. The molecule has 3 rings (SSSR count). The number of carbonyl (C=O) groups excluding carboxylic acids is 1. The van der Waals surface area contributed by atoms with E-state index in [0.717, 1.165) is 16.8 Å². The first-order valence-electron chi connectivity index (χ1n) is 8.42. The number of nitrogens with zero attached hydrogens (tertiary/aromatic N) is 2. The van der Waals surface area contributed by atoms with E-state index in [-0.39, 0.29) is 29.4 Å². The summed E-state index contributed by atoms with van der Waals surface area (Å²) < 4.78 is 20.1. The molecule has 0 spiro atoms. The molecule has 0 aliphatic carbocycles. The Kier molecular flexibility index (Phi) is 5.62. The van der Waals surface area contributed by atoms with Crippen LogP contribution >= 0.6 is 11.6 Å². The van der Waals surface area contributed by atoms with Crippen molar-refractivity contribution in [2.75, 3.05) is 6.54 Å². The molecule has 1 amide bonds. The summed E-state index contributed by atoms with van der Waals surface area (Å²) in [5, 5.41) is 7.12. The zero-order chi connectivity index (χ0) is 19.6. The summed E-state index contributed by atoms with van der Waals surface area (Å²) in [5.41, 5.74) is 8.94. The number of nitrogens with two attached hydrogens (primary N) is 1. The molecule has 3 N–H and O–H groups in total. The summed E-state index contributed by atoms with van der Waals surface area (Å²) in [7, 11) is 1.79. The van der Waals surface area contributed by atoms with Crippen LogP contribution in [-0.2, 0) is 13.5 Å². The van der Waals surface area contributed by atoms with Crippen molar-refractivity contribution >= 4 is 17.5 Å². The Hall–Kier alpha value is -2.64. The fourth-order valence-electron chi connectivity index (χ4n) is 2.93. The van der Waals surface area contributed by atoms with Crippen LogP contribution in [0.4, 0.5) is 4.39 Å². The molecule has 142 valence electrons. The molecule has 0 saturated carbocycles. The number of aryl methyl sites for hydroxylation is 2. The molecule has 2 heterocycles. The highest BCUT2D eigenvalue weighted by atomic mass is 35.5. The summed E-state index contributed by atoms with van der Waals surface area (Å²) in [6.07, 6.45) is 2.19. The van der Waals surface area contributed by atoms with Crippen LogP contribution < -0.4 is 11.1 Å². The predicted octanol–water partition coefficient (Wildman–Crippen LogP) is 3.08. The zero-order valence-electron chi connectivity index (χ0n) is 15.0. The van der Waals surface area contributed by atoms with Gasteiger partial charge in [0.2, 0.25) is 5.22 Å². The Bertz CT molecular complexity index is 930. The molecule has 1 atom stereocenters. The van der Waals surface area contributed by atoms with Crippen LogP contribution in [0.5, 0.6) is 0 Å². The average molecular weight is 391 g/mol. The number of hydrogen-bond donors (Lipinski definition) is 2. The van der Waals surface area contributed by atoms with E-state index < -0.39 is 5.91 Å². The van der Waals surface area contributed by atoms with Gasteiger partial charge in [0, 0.05) is 25.7 Å². The third-order valence-corrected chi connectivity index (χ3v) is 4.58. The van der Waals surface area contributed by atoms with Gasteiger partial charge in [0.05, 0.1) is 17.5 Å². The molecule has 0 bridgehead atoms. The lowest BCUT2D eigenvalue weighted by molar-refractivity contribution is 0.0910. The Labute approximate surface area is 161 Å². The molecule has 8 heteroatoms. The lowest BCUT2D eigenvalue weighted by Crippen LogP contribution is -2.41. The molecule has 1 unspecified atom stereocenters. The molecule has 3 aromatic rings. The normalized spacial score (nSPS) is 12.2. The highest BCUT2D eigenvalue weighted by Gasteiger charge is 2.22. The van der Waals surface area contributed by atoms with Gasteiger partial charge in [-0.1, -0.05) is 12.1 Å². The minimum atomic E-state index is -0.416. The Morgan fingerprint density at radius 2 is 2.11 bits per heavy atom. The fourth-order valence-corrected chi connectivity index (χ4v) is 3.16. The van der Waals surface area contributed by atoms with Gasteiger partial charge in [0.1, 0.15) is 5.82 Å². The maximum absolute atomic E-state index is 13.0. The first kappa shape index (κ1) is 19.1. The second-order valence-electron chi connectivity index (χ2n) is 6.33. The highest BCUT2D eigenvalue weighted by Crippen LogP contribution is 2.32. The van der Waals surface area contributed by atoms with Gasteiger partial charge >= 0.3 is 0 Å². The van der Waals surface area contributed by atoms with Crippen molar-refractivity contribution in [1.29, 1.82) is 0 Å². The van der Waals surface area contributed by atoms with Gasteiger partial charge in [-0.3, -0.25) is 9.48 Å². The van der Waals surface area contributed by atoms with E-state index in [2.05, 4.69) is 10.4 Å². The minimum absolute atomic E-state index is 0.0909. The van der Waals surface area contributed by atoms with E-state index in [0.29, 0.717) is 12.0 Å². The maximum atomic E-state index is 13.0. The van der Waals surface area contributed by atoms with Crippen LogP contribution in [0.25, 0.3) is 11.3 Å². The topological polar surface area (TPSA) is 86.1 Å². The van der Waals surface area contributed by atoms with Gasteiger partial charge in [-0.15, -0.1) is 0 Å². The number of furan rings is 1. The van der Waals surface area contributed by atoms with Crippen molar-refractivity contribution in [2.45, 2.75) is 19.4 Å². The number of nitrogens with one attached hydrogen (secondary N) is 1. The molecule has 1 aromatic carbocycles. The summed E-state index contributed by atoms with van der Waals surface area (Å²) in [4.78, 5) is 12.6. The number of rotatable bonds is 6. The SMILES string of the molecule is Cc1cnn(C)c1-c1cc(C(=O)NC(CN)Cc2ccc(F)cc2)oc1Cl. The van der Waals surface area contributed by atoms with Crippen molar-refractivity contribution in [3.8, 4) is 11.3 Å². The average Bonchev–Trinajstić information content (AvgIpc) is 3.18. The van der Waals surface area contributed by atoms with E-state index in [1.165, 1.54) is 12.1 Å². The van der Waals surface area contributed by atoms with Crippen LogP contribution in [-0.4, -0.2) is 28.3 Å². The lowest BCUT2D eigenvalue weighted by Gasteiger charge is -2.16. The van der Waals surface area contributed by atoms with Crippen molar-refractivity contribution in [3.05, 3.63) is 64.5 Å². The van der Waals surface area contributed by atoms with E-state index in [4.69, 9.17) is 21.8 Å². The molecule has 6 nitrogen and oxygen atoms in total. The van der Waals surface area contributed by atoms with Gasteiger partial charge in [-0.05, 0) is 48.2 Å². The summed E-state index contributed by atoms with van der Waals surface area (Å²) in [5.74, 6) is -0.635. The van der Waals surface area contributed by atoms with Crippen LogP contribution in [0.3, 0.4) is 0 Å². The second-order valence-corrected chi connectivity index (χ2v) is 6.68. The second kappa shape index (κ2) is 7.94. The number of halogens is 2. The van der Waals surface area contributed by atoms with Crippen molar-refractivity contribution in [3.63, 3.8) is 0 Å². The number of aromatic nitrogens is 2. The van der Waals surface area contributed by atoms with E-state index in [1.54, 1.807) is 36.1 Å². The Morgan fingerprint density at radius 3 is 2.70 bits per heavy atom. The monoisotopic (exact) mass is 390 g/mol. The summed E-state index contributed by atoms with van der Waals surface area (Å²) in [6.45, 7) is 2.13. The number of hydrogen-bond acceptors (Lipinski definition) is 4. The molecule has 0 aliphatic heterocycles. The van der Waals surface area contributed by atoms with Gasteiger partial charge < -0.3 is 15.5 Å². The standard InChI is InChI=1S/C19H20ClFN4O2/c1-11-10-23-25(2)17(11)15-8-16(27-18(15)20)19(26)24-14(9-22)7-12-3-5-13(21)6-4-12/h3-6,8,10,14H,7,9,22H2,1-2H3,(H,24,26). The lowest BCUT2D eigenvalue weighted by atomic mass is 10.1. The summed E-state index contributed by atoms with van der Waals surface area (Å²) in [6, 6.07) is 7.34. The molecule has 0 fully saturated rings. The first-order valence-corrected chi connectivity index (χ1v) is 8.80. The Morgan fingerprint density at radius 1 is 1.41 bits per heavy atom. The molecule has 0 aliphatic rings. The minimum Gasteiger partial charge on any atom is -0.439 e. The zero-order valence-corrected chi connectivity index (χ0v) is 15.8.